The topological polar surface area (TPSA) is 20.3 Å². The van der Waals surface area contributed by atoms with Crippen LogP contribution in [0.2, 0.25) is 0 Å². The Morgan fingerprint density at radius 2 is 1.79 bits per heavy atom. The predicted octanol–water partition coefficient (Wildman–Crippen LogP) is 2.59. The molecule has 0 aliphatic carbocycles. The van der Waals surface area contributed by atoms with Gasteiger partial charge in [-0.05, 0) is 26.2 Å². The van der Waals surface area contributed by atoms with Gasteiger partial charge in [0.2, 0.25) is 5.91 Å². The molecule has 0 N–H and O–H groups in total. The molecule has 0 aromatic carbocycles. The van der Waals surface area contributed by atoms with Crippen LogP contribution in [0.3, 0.4) is 0 Å². The molecule has 3 heteroatoms. The Morgan fingerprint density at radius 3 is 2.07 bits per heavy atom. The normalized spacial score (nSPS) is 15.4. The van der Waals surface area contributed by atoms with E-state index < -0.39 is 0 Å². The monoisotopic (exact) mass is 217 g/mol. The van der Waals surface area contributed by atoms with E-state index in [4.69, 9.17) is 0 Å². The average Bonchev–Trinajstić information content (AvgIpc) is 2.16. The molecule has 0 aliphatic rings. The van der Waals surface area contributed by atoms with E-state index in [0.29, 0.717) is 12.0 Å². The summed E-state index contributed by atoms with van der Waals surface area (Å²) in [6, 6.07) is 0.320. The number of carbonyl (C=O) groups is 1. The zero-order chi connectivity index (χ0) is 11.3. The first kappa shape index (κ1) is 13.8. The summed E-state index contributed by atoms with van der Waals surface area (Å²) in [5.74, 6) is 0.462. The van der Waals surface area contributed by atoms with E-state index in [9.17, 15) is 4.79 Å². The molecule has 0 aromatic heterocycles. The van der Waals surface area contributed by atoms with Gasteiger partial charge in [-0.25, -0.2) is 0 Å². The second-order valence-corrected chi connectivity index (χ2v) is 4.63. The molecule has 0 fully saturated rings. The first-order chi connectivity index (χ1) is 6.45. The maximum atomic E-state index is 12.0. The van der Waals surface area contributed by atoms with E-state index in [1.54, 1.807) is 0 Å². The zero-order valence-electron chi connectivity index (χ0n) is 9.95. The van der Waals surface area contributed by atoms with Gasteiger partial charge in [0, 0.05) is 12.6 Å². The number of rotatable bonds is 5. The van der Waals surface area contributed by atoms with Gasteiger partial charge in [-0.3, -0.25) is 4.79 Å². The average molecular weight is 217 g/mol. The lowest BCUT2D eigenvalue weighted by Gasteiger charge is -2.30. The number of hydrogen-bond donors (Lipinski definition) is 1. The third-order valence-corrected chi connectivity index (χ3v) is 3.45. The molecule has 1 amide bonds. The molecule has 0 heterocycles. The van der Waals surface area contributed by atoms with Crippen LogP contribution in [0.5, 0.6) is 0 Å². The molecule has 0 saturated heterocycles. The van der Waals surface area contributed by atoms with E-state index in [1.165, 1.54) is 0 Å². The molecule has 0 spiro atoms. The van der Waals surface area contributed by atoms with Gasteiger partial charge in [-0.15, -0.1) is 0 Å². The summed E-state index contributed by atoms with van der Waals surface area (Å²) in [6.45, 7) is 11.0. The predicted molar refractivity (Wildman–Crippen MR) is 64.8 cm³/mol. The Bertz CT molecular complexity index is 182. The highest BCUT2D eigenvalue weighted by molar-refractivity contribution is 7.81. The van der Waals surface area contributed by atoms with Gasteiger partial charge in [-0.1, -0.05) is 20.8 Å². The maximum absolute atomic E-state index is 12.0. The number of carbonyl (C=O) groups excluding carboxylic acids is 1. The van der Waals surface area contributed by atoms with E-state index in [2.05, 4.69) is 26.5 Å². The molecule has 0 bridgehead atoms. The van der Waals surface area contributed by atoms with Crippen molar-refractivity contribution in [2.24, 2.45) is 5.92 Å². The summed E-state index contributed by atoms with van der Waals surface area (Å²) in [5.41, 5.74) is 0. The van der Waals surface area contributed by atoms with Crippen LogP contribution >= 0.6 is 12.6 Å². The summed E-state index contributed by atoms with van der Waals surface area (Å²) < 4.78 is 0. The first-order valence-electron chi connectivity index (χ1n) is 5.44. The molecule has 0 rings (SSSR count). The Hall–Kier alpha value is -0.180. The summed E-state index contributed by atoms with van der Waals surface area (Å²) in [7, 11) is 0. The molecule has 0 radical (unpaired) electrons. The fourth-order valence-corrected chi connectivity index (χ4v) is 1.51. The third kappa shape index (κ3) is 3.52. The fraction of sp³-hybridized carbons (Fsp3) is 0.909. The number of hydrogen-bond acceptors (Lipinski definition) is 2. The van der Waals surface area contributed by atoms with Crippen LogP contribution in [0, 0.1) is 5.92 Å². The van der Waals surface area contributed by atoms with Crippen molar-refractivity contribution >= 4 is 18.5 Å². The highest BCUT2D eigenvalue weighted by Gasteiger charge is 2.25. The summed E-state index contributed by atoms with van der Waals surface area (Å²) in [5, 5.41) is -0.163. The van der Waals surface area contributed by atoms with Crippen molar-refractivity contribution in [1.29, 1.82) is 0 Å². The first-order valence-corrected chi connectivity index (χ1v) is 5.95. The second-order valence-electron chi connectivity index (χ2n) is 4.07. The molecule has 0 aliphatic heterocycles. The lowest BCUT2D eigenvalue weighted by atomic mass is 10.1. The van der Waals surface area contributed by atoms with Crippen molar-refractivity contribution in [3.63, 3.8) is 0 Å². The molecule has 14 heavy (non-hydrogen) atoms. The maximum Gasteiger partial charge on any atom is 0.235 e. The highest BCUT2D eigenvalue weighted by atomic mass is 32.1. The summed E-state index contributed by atoms with van der Waals surface area (Å²) in [4.78, 5) is 13.9. The largest absolute Gasteiger partial charge is 0.339 e. The van der Waals surface area contributed by atoms with E-state index >= 15 is 0 Å². The zero-order valence-corrected chi connectivity index (χ0v) is 10.8. The van der Waals surface area contributed by atoms with Gasteiger partial charge in [-0.2, -0.15) is 12.6 Å². The van der Waals surface area contributed by atoms with E-state index in [1.807, 2.05) is 25.7 Å². The van der Waals surface area contributed by atoms with Crippen LogP contribution in [0.15, 0.2) is 0 Å². The smallest absolute Gasteiger partial charge is 0.235 e. The van der Waals surface area contributed by atoms with Crippen LogP contribution in [0.4, 0.5) is 0 Å². The Kier molecular flexibility index (Phi) is 6.25. The third-order valence-electron chi connectivity index (χ3n) is 2.63. The standard InChI is InChI=1S/C11H23NOS/c1-6-9(5)12(7-2)11(13)10(14)8(3)4/h8-10,14H,6-7H2,1-5H3. The van der Waals surface area contributed by atoms with Crippen molar-refractivity contribution < 1.29 is 4.79 Å². The minimum absolute atomic E-state index is 0.163. The highest BCUT2D eigenvalue weighted by Crippen LogP contribution is 2.15. The van der Waals surface area contributed by atoms with Gasteiger partial charge in [0.1, 0.15) is 0 Å². The van der Waals surface area contributed by atoms with Crippen LogP contribution < -0.4 is 0 Å². The van der Waals surface area contributed by atoms with Gasteiger partial charge in [0.15, 0.2) is 0 Å². The van der Waals surface area contributed by atoms with Gasteiger partial charge < -0.3 is 4.90 Å². The van der Waals surface area contributed by atoms with Crippen molar-refractivity contribution in [1.82, 2.24) is 4.90 Å². The van der Waals surface area contributed by atoms with E-state index in [-0.39, 0.29) is 11.2 Å². The van der Waals surface area contributed by atoms with Gasteiger partial charge in [0.05, 0.1) is 5.25 Å². The van der Waals surface area contributed by atoms with Crippen molar-refractivity contribution in [3.05, 3.63) is 0 Å². The molecule has 0 aromatic rings. The summed E-state index contributed by atoms with van der Waals surface area (Å²) in [6.07, 6.45) is 0.998. The number of amides is 1. The molecular formula is C11H23NOS. The number of nitrogens with zero attached hydrogens (tertiary/aromatic N) is 1. The van der Waals surface area contributed by atoms with Crippen molar-refractivity contribution in [2.45, 2.75) is 52.3 Å². The minimum Gasteiger partial charge on any atom is -0.339 e. The Morgan fingerprint density at radius 1 is 1.29 bits per heavy atom. The van der Waals surface area contributed by atoms with Crippen molar-refractivity contribution in [3.8, 4) is 0 Å². The summed E-state index contributed by atoms with van der Waals surface area (Å²) >= 11 is 4.36. The molecule has 2 nitrogen and oxygen atoms in total. The second kappa shape index (κ2) is 6.33. The Labute approximate surface area is 93.5 Å². The van der Waals surface area contributed by atoms with E-state index in [0.717, 1.165) is 13.0 Å². The fourth-order valence-electron chi connectivity index (χ4n) is 1.36. The molecule has 2 unspecified atom stereocenters. The lowest BCUT2D eigenvalue weighted by molar-refractivity contribution is -0.133. The van der Waals surface area contributed by atoms with Crippen LogP contribution in [0.1, 0.15) is 41.0 Å². The SMILES string of the molecule is CCC(C)N(CC)C(=O)C(S)C(C)C. The molecule has 2 atom stereocenters. The lowest BCUT2D eigenvalue weighted by Crippen LogP contribution is -2.43. The van der Waals surface area contributed by atoms with Gasteiger partial charge in [0.25, 0.3) is 0 Å². The van der Waals surface area contributed by atoms with Crippen LogP contribution in [-0.4, -0.2) is 28.6 Å². The van der Waals surface area contributed by atoms with Crippen LogP contribution in [-0.2, 0) is 4.79 Å². The number of thiol groups is 1. The van der Waals surface area contributed by atoms with Crippen molar-refractivity contribution in [2.75, 3.05) is 6.54 Å². The minimum atomic E-state index is -0.163. The van der Waals surface area contributed by atoms with Crippen LogP contribution in [0.25, 0.3) is 0 Å². The quantitative estimate of drug-likeness (QED) is 0.702. The molecule has 0 saturated carbocycles. The molecule has 84 valence electrons. The Balaban J connectivity index is 4.45. The van der Waals surface area contributed by atoms with Gasteiger partial charge >= 0.3 is 0 Å². The molecular weight excluding hydrogens is 194 g/mol.